The Morgan fingerprint density at radius 3 is 2.37 bits per heavy atom. The first-order valence-corrected chi connectivity index (χ1v) is 11.1. The van der Waals surface area contributed by atoms with E-state index in [2.05, 4.69) is 32.9 Å². The Hall–Kier alpha value is -1.69. The lowest BCUT2D eigenvalue weighted by molar-refractivity contribution is -0.138. The van der Waals surface area contributed by atoms with Crippen molar-refractivity contribution in [2.75, 3.05) is 19.8 Å². The van der Waals surface area contributed by atoms with Crippen LogP contribution in [-0.2, 0) is 9.53 Å². The Balaban J connectivity index is 2.32. The van der Waals surface area contributed by atoms with Crippen molar-refractivity contribution in [3.8, 4) is 0 Å². The minimum absolute atomic E-state index is 0.0114. The van der Waals surface area contributed by atoms with Crippen molar-refractivity contribution in [1.29, 1.82) is 0 Å². The first kappa shape index (κ1) is 26.3. The molecule has 1 aliphatic rings. The quantitative estimate of drug-likeness (QED) is 0.270. The summed E-state index contributed by atoms with van der Waals surface area (Å²) in [6, 6.07) is 0. The van der Waals surface area contributed by atoms with Crippen LogP contribution in [0.2, 0.25) is 0 Å². The molecule has 1 rings (SSSR count). The lowest BCUT2D eigenvalue weighted by Crippen LogP contribution is -2.13. The van der Waals surface area contributed by atoms with Crippen LogP contribution in [0, 0.1) is 5.92 Å². The SMILES string of the molecule is CC(=CCCC(=CC[C@H]1OC(=O)C=C1CO)CO)CCC=C(C)CCC[C@H](C)CO. The number of ether oxygens (including phenoxy) is 1. The topological polar surface area (TPSA) is 87.0 Å². The Morgan fingerprint density at radius 2 is 1.73 bits per heavy atom. The number of hydrogen-bond acceptors (Lipinski definition) is 5. The maximum Gasteiger partial charge on any atom is 0.331 e. The molecule has 0 aromatic carbocycles. The van der Waals surface area contributed by atoms with E-state index in [4.69, 9.17) is 9.84 Å². The molecule has 0 fully saturated rings. The van der Waals surface area contributed by atoms with Crippen LogP contribution in [0.1, 0.15) is 72.1 Å². The van der Waals surface area contributed by atoms with Crippen molar-refractivity contribution in [2.45, 2.75) is 78.2 Å². The Bertz CT molecular complexity index is 642. The predicted molar refractivity (Wildman–Crippen MR) is 121 cm³/mol. The standard InChI is InChI=1S/C25H40O5/c1-19(9-5-11-21(3)16-26)7-4-8-20(2)10-6-12-22(17-27)13-14-24-23(18-28)15-25(29)30-24/h7,10,13,15,21,24,26-28H,4-6,8-9,11-12,14,16-18H2,1-3H3/t21-,24+/m0/s1. The smallest absolute Gasteiger partial charge is 0.331 e. The van der Waals surface area contributed by atoms with Gasteiger partial charge in [0.2, 0.25) is 0 Å². The van der Waals surface area contributed by atoms with Crippen LogP contribution in [0.5, 0.6) is 0 Å². The molecule has 0 spiro atoms. The molecule has 0 bridgehead atoms. The number of esters is 1. The molecule has 3 N–H and O–H groups in total. The van der Waals surface area contributed by atoms with Gasteiger partial charge in [0.25, 0.3) is 0 Å². The van der Waals surface area contributed by atoms with Crippen LogP contribution < -0.4 is 0 Å². The van der Waals surface area contributed by atoms with E-state index >= 15 is 0 Å². The van der Waals surface area contributed by atoms with E-state index in [0.717, 1.165) is 50.5 Å². The summed E-state index contributed by atoms with van der Waals surface area (Å²) in [7, 11) is 0. The number of aliphatic hydroxyl groups is 3. The van der Waals surface area contributed by atoms with E-state index in [0.29, 0.717) is 17.9 Å². The zero-order valence-corrected chi connectivity index (χ0v) is 18.9. The Labute approximate surface area is 181 Å². The molecular formula is C25H40O5. The molecule has 0 unspecified atom stereocenters. The number of allylic oxidation sites excluding steroid dienone is 4. The highest BCUT2D eigenvalue weighted by Crippen LogP contribution is 2.20. The molecule has 0 aliphatic carbocycles. The molecule has 170 valence electrons. The fraction of sp³-hybridized carbons (Fsp3) is 0.640. The van der Waals surface area contributed by atoms with E-state index in [-0.39, 0.29) is 19.8 Å². The molecule has 1 heterocycles. The molecule has 1 aliphatic heterocycles. The molecule has 0 saturated carbocycles. The van der Waals surface area contributed by atoms with Gasteiger partial charge in [0.05, 0.1) is 13.2 Å². The molecule has 2 atom stereocenters. The summed E-state index contributed by atoms with van der Waals surface area (Å²) in [5.41, 5.74) is 4.28. The summed E-state index contributed by atoms with van der Waals surface area (Å²) in [5, 5.41) is 27.9. The largest absolute Gasteiger partial charge is 0.454 e. The fourth-order valence-corrected chi connectivity index (χ4v) is 3.44. The highest BCUT2D eigenvalue weighted by molar-refractivity contribution is 5.85. The zero-order chi connectivity index (χ0) is 22.4. The van der Waals surface area contributed by atoms with Crippen LogP contribution in [0.4, 0.5) is 0 Å². The maximum atomic E-state index is 11.3. The summed E-state index contributed by atoms with van der Waals surface area (Å²) in [5.74, 6) is -0.0206. The second kappa shape index (κ2) is 15.2. The van der Waals surface area contributed by atoms with Crippen LogP contribution in [0.15, 0.2) is 46.6 Å². The van der Waals surface area contributed by atoms with Crippen molar-refractivity contribution in [1.82, 2.24) is 0 Å². The van der Waals surface area contributed by atoms with Gasteiger partial charge in [-0.3, -0.25) is 0 Å². The summed E-state index contributed by atoms with van der Waals surface area (Å²) in [6.07, 6.45) is 14.9. The fourth-order valence-electron chi connectivity index (χ4n) is 3.44. The van der Waals surface area contributed by atoms with Crippen molar-refractivity contribution in [3.05, 3.63) is 46.6 Å². The van der Waals surface area contributed by atoms with Gasteiger partial charge in [-0.2, -0.15) is 0 Å². The monoisotopic (exact) mass is 420 g/mol. The first-order valence-electron chi connectivity index (χ1n) is 11.1. The average Bonchev–Trinajstić information content (AvgIpc) is 3.09. The van der Waals surface area contributed by atoms with Crippen LogP contribution in [-0.4, -0.2) is 47.2 Å². The number of carbonyl (C=O) groups is 1. The van der Waals surface area contributed by atoms with Gasteiger partial charge in [0.1, 0.15) is 6.10 Å². The highest BCUT2D eigenvalue weighted by Gasteiger charge is 2.24. The van der Waals surface area contributed by atoms with E-state index in [1.165, 1.54) is 17.2 Å². The van der Waals surface area contributed by atoms with Gasteiger partial charge in [-0.05, 0) is 70.3 Å². The van der Waals surface area contributed by atoms with Gasteiger partial charge in [-0.25, -0.2) is 4.79 Å². The molecule has 0 saturated heterocycles. The van der Waals surface area contributed by atoms with E-state index in [1.807, 2.05) is 6.08 Å². The van der Waals surface area contributed by atoms with Crippen LogP contribution in [0.3, 0.4) is 0 Å². The molecular weight excluding hydrogens is 380 g/mol. The van der Waals surface area contributed by atoms with Crippen molar-refractivity contribution in [3.63, 3.8) is 0 Å². The summed E-state index contributed by atoms with van der Waals surface area (Å²) in [6.45, 7) is 6.48. The van der Waals surface area contributed by atoms with Gasteiger partial charge in [-0.15, -0.1) is 0 Å². The molecule has 0 amide bonds. The van der Waals surface area contributed by atoms with Crippen molar-refractivity contribution < 1.29 is 24.9 Å². The van der Waals surface area contributed by atoms with Crippen molar-refractivity contribution in [2.24, 2.45) is 5.92 Å². The molecule has 0 aromatic rings. The number of cyclic esters (lactones) is 1. The maximum absolute atomic E-state index is 11.3. The Morgan fingerprint density at radius 1 is 1.07 bits per heavy atom. The highest BCUT2D eigenvalue weighted by atomic mass is 16.5. The molecule has 0 aromatic heterocycles. The molecule has 5 nitrogen and oxygen atoms in total. The number of aliphatic hydroxyl groups excluding tert-OH is 3. The second-order valence-electron chi connectivity index (χ2n) is 8.42. The van der Waals surface area contributed by atoms with Crippen molar-refractivity contribution >= 4 is 5.97 Å². The third-order valence-corrected chi connectivity index (χ3v) is 5.55. The second-order valence-corrected chi connectivity index (χ2v) is 8.42. The summed E-state index contributed by atoms with van der Waals surface area (Å²) < 4.78 is 5.16. The lowest BCUT2D eigenvalue weighted by atomic mass is 10.0. The Kier molecular flexibility index (Phi) is 13.3. The van der Waals surface area contributed by atoms with Gasteiger partial charge in [0, 0.05) is 24.7 Å². The van der Waals surface area contributed by atoms with Gasteiger partial charge in [0.15, 0.2) is 0 Å². The lowest BCUT2D eigenvalue weighted by Gasteiger charge is -2.11. The number of hydrogen-bond donors (Lipinski definition) is 3. The molecule has 0 radical (unpaired) electrons. The number of carbonyl (C=O) groups excluding carboxylic acids is 1. The van der Waals surface area contributed by atoms with Crippen LogP contribution in [0.25, 0.3) is 0 Å². The normalized spacial score (nSPS) is 19.1. The average molecular weight is 421 g/mol. The van der Waals surface area contributed by atoms with Crippen LogP contribution >= 0.6 is 0 Å². The van der Waals surface area contributed by atoms with E-state index in [9.17, 15) is 15.0 Å². The molecule has 30 heavy (non-hydrogen) atoms. The molecule has 5 heteroatoms. The minimum Gasteiger partial charge on any atom is -0.454 e. The van der Waals surface area contributed by atoms with Gasteiger partial charge < -0.3 is 20.1 Å². The van der Waals surface area contributed by atoms with Gasteiger partial charge >= 0.3 is 5.97 Å². The summed E-state index contributed by atoms with van der Waals surface area (Å²) in [4.78, 5) is 11.3. The minimum atomic E-state index is -0.414. The third kappa shape index (κ3) is 10.9. The zero-order valence-electron chi connectivity index (χ0n) is 18.9. The predicted octanol–water partition coefficient (Wildman–Crippen LogP) is 4.39. The van der Waals surface area contributed by atoms with Gasteiger partial charge in [-0.1, -0.05) is 36.3 Å². The number of rotatable bonds is 15. The first-order chi connectivity index (χ1) is 14.4. The summed E-state index contributed by atoms with van der Waals surface area (Å²) >= 11 is 0. The van der Waals surface area contributed by atoms with E-state index in [1.54, 1.807) is 0 Å². The third-order valence-electron chi connectivity index (χ3n) is 5.55. The van der Waals surface area contributed by atoms with E-state index < -0.39 is 12.1 Å².